The normalized spacial score (nSPS) is 12.0. The van der Waals surface area contributed by atoms with Gasteiger partial charge in [0.2, 0.25) is 0 Å². The molecular formula is C9H14N2O. The Balaban J connectivity index is 2.71. The van der Waals surface area contributed by atoms with E-state index in [4.69, 9.17) is 15.9 Å². The molecule has 1 heterocycles. The fraction of sp³-hybridized carbons (Fsp3) is 0.333. The summed E-state index contributed by atoms with van der Waals surface area (Å²) in [5.41, 5.74) is 11.6. The highest BCUT2D eigenvalue weighted by Gasteiger charge is 1.97. The van der Waals surface area contributed by atoms with Crippen LogP contribution in [-0.4, -0.2) is 6.54 Å². The topological polar surface area (TPSA) is 65.2 Å². The summed E-state index contributed by atoms with van der Waals surface area (Å²) >= 11 is 0. The summed E-state index contributed by atoms with van der Waals surface area (Å²) in [5, 5.41) is 0. The summed E-state index contributed by atoms with van der Waals surface area (Å²) < 4.78 is 5.40. The average Bonchev–Trinajstić information content (AvgIpc) is 2.36. The molecule has 0 saturated heterocycles. The van der Waals surface area contributed by atoms with Crippen LogP contribution >= 0.6 is 0 Å². The minimum Gasteiger partial charge on any atom is -0.462 e. The van der Waals surface area contributed by atoms with Crippen molar-refractivity contribution in [2.75, 3.05) is 6.54 Å². The fourth-order valence-corrected chi connectivity index (χ4v) is 0.973. The second kappa shape index (κ2) is 3.97. The van der Waals surface area contributed by atoms with Crippen molar-refractivity contribution in [3.63, 3.8) is 0 Å². The average molecular weight is 166 g/mol. The number of hydrogen-bond acceptors (Lipinski definition) is 3. The molecule has 0 radical (unpaired) electrons. The molecule has 1 aromatic rings. The zero-order valence-electron chi connectivity index (χ0n) is 7.21. The lowest BCUT2D eigenvalue weighted by molar-refractivity contribution is 0.502. The van der Waals surface area contributed by atoms with Gasteiger partial charge in [-0.2, -0.15) is 0 Å². The van der Waals surface area contributed by atoms with Gasteiger partial charge in [-0.1, -0.05) is 0 Å². The zero-order valence-corrected chi connectivity index (χ0v) is 7.21. The summed E-state index contributed by atoms with van der Waals surface area (Å²) in [4.78, 5) is 0. The number of rotatable bonds is 3. The third kappa shape index (κ3) is 2.43. The van der Waals surface area contributed by atoms with Gasteiger partial charge in [0.1, 0.15) is 11.5 Å². The summed E-state index contributed by atoms with van der Waals surface area (Å²) in [7, 11) is 0. The molecule has 0 fully saturated rings. The second-order valence-electron chi connectivity index (χ2n) is 2.73. The van der Waals surface area contributed by atoms with E-state index in [1.165, 1.54) is 0 Å². The molecule has 3 heteroatoms. The van der Waals surface area contributed by atoms with Crippen molar-refractivity contribution in [2.24, 2.45) is 11.5 Å². The predicted octanol–water partition coefficient (Wildman–Crippen LogP) is 1.10. The maximum absolute atomic E-state index is 5.48. The molecule has 1 rings (SSSR count). The number of nitrogens with two attached hydrogens (primary N) is 2. The van der Waals surface area contributed by atoms with Crippen LogP contribution in [0.15, 0.2) is 22.2 Å². The van der Waals surface area contributed by atoms with E-state index in [0.29, 0.717) is 6.54 Å². The third-order valence-corrected chi connectivity index (χ3v) is 1.44. The Hall–Kier alpha value is -1.22. The lowest BCUT2D eigenvalue weighted by Crippen LogP contribution is -2.01. The van der Waals surface area contributed by atoms with Crippen molar-refractivity contribution < 1.29 is 4.42 Å². The first kappa shape index (κ1) is 8.87. The molecule has 0 amide bonds. The molecule has 0 spiro atoms. The first-order chi connectivity index (χ1) is 5.72. The Morgan fingerprint density at radius 1 is 1.58 bits per heavy atom. The zero-order chi connectivity index (χ0) is 8.97. The van der Waals surface area contributed by atoms with Crippen molar-refractivity contribution in [3.8, 4) is 0 Å². The highest BCUT2D eigenvalue weighted by molar-refractivity contribution is 5.45. The molecule has 0 unspecified atom stereocenters. The fourth-order valence-electron chi connectivity index (χ4n) is 0.973. The van der Waals surface area contributed by atoms with Crippen LogP contribution in [0, 0.1) is 0 Å². The van der Waals surface area contributed by atoms with Gasteiger partial charge < -0.3 is 15.9 Å². The maximum Gasteiger partial charge on any atom is 0.128 e. The standard InChI is InChI=1S/C9H14N2O/c1-7(11)6-9-3-2-8(12-9)4-5-10/h2-3,6H,4-5,10-11H2,1H3/b7-6+. The van der Waals surface area contributed by atoms with E-state index in [-0.39, 0.29) is 0 Å². The number of furan rings is 1. The van der Waals surface area contributed by atoms with Crippen LogP contribution in [0.1, 0.15) is 18.4 Å². The van der Waals surface area contributed by atoms with Gasteiger partial charge in [-0.15, -0.1) is 0 Å². The Morgan fingerprint density at radius 2 is 2.33 bits per heavy atom. The summed E-state index contributed by atoms with van der Waals surface area (Å²) in [6, 6.07) is 3.81. The van der Waals surface area contributed by atoms with Crippen LogP contribution < -0.4 is 11.5 Å². The molecule has 0 atom stereocenters. The van der Waals surface area contributed by atoms with Crippen LogP contribution in [0.2, 0.25) is 0 Å². The molecule has 4 N–H and O–H groups in total. The molecule has 0 bridgehead atoms. The molecule has 66 valence electrons. The molecule has 0 aliphatic carbocycles. The largest absolute Gasteiger partial charge is 0.462 e. The van der Waals surface area contributed by atoms with Crippen molar-refractivity contribution in [2.45, 2.75) is 13.3 Å². The van der Waals surface area contributed by atoms with E-state index in [2.05, 4.69) is 0 Å². The Bertz CT molecular complexity index is 272. The van der Waals surface area contributed by atoms with Gasteiger partial charge in [-0.05, 0) is 31.7 Å². The van der Waals surface area contributed by atoms with Gasteiger partial charge in [-0.25, -0.2) is 0 Å². The van der Waals surface area contributed by atoms with Gasteiger partial charge in [0.05, 0.1) is 0 Å². The molecule has 0 aliphatic rings. The maximum atomic E-state index is 5.48. The summed E-state index contributed by atoms with van der Waals surface area (Å²) in [6.07, 6.45) is 2.57. The smallest absolute Gasteiger partial charge is 0.128 e. The number of allylic oxidation sites excluding steroid dienone is 1. The Labute approximate surface area is 72.0 Å². The van der Waals surface area contributed by atoms with Gasteiger partial charge >= 0.3 is 0 Å². The third-order valence-electron chi connectivity index (χ3n) is 1.44. The first-order valence-corrected chi connectivity index (χ1v) is 3.95. The molecule has 0 aromatic carbocycles. The minimum absolute atomic E-state index is 0.609. The van der Waals surface area contributed by atoms with Crippen LogP contribution in [0.3, 0.4) is 0 Å². The van der Waals surface area contributed by atoms with E-state index in [1.54, 1.807) is 6.08 Å². The number of hydrogen-bond donors (Lipinski definition) is 2. The van der Waals surface area contributed by atoms with E-state index < -0.39 is 0 Å². The second-order valence-corrected chi connectivity index (χ2v) is 2.73. The van der Waals surface area contributed by atoms with Crippen LogP contribution in [-0.2, 0) is 6.42 Å². The van der Waals surface area contributed by atoms with Gasteiger partial charge in [-0.3, -0.25) is 0 Å². The molecule has 1 aromatic heterocycles. The van der Waals surface area contributed by atoms with Gasteiger partial charge in [0, 0.05) is 12.1 Å². The van der Waals surface area contributed by atoms with Crippen molar-refractivity contribution in [3.05, 3.63) is 29.4 Å². The highest BCUT2D eigenvalue weighted by Crippen LogP contribution is 2.10. The first-order valence-electron chi connectivity index (χ1n) is 3.95. The molecule has 0 saturated carbocycles. The van der Waals surface area contributed by atoms with E-state index >= 15 is 0 Å². The van der Waals surface area contributed by atoms with Crippen LogP contribution in [0.5, 0.6) is 0 Å². The molecule has 0 aliphatic heterocycles. The van der Waals surface area contributed by atoms with Crippen LogP contribution in [0.25, 0.3) is 6.08 Å². The van der Waals surface area contributed by atoms with Crippen LogP contribution in [0.4, 0.5) is 0 Å². The van der Waals surface area contributed by atoms with E-state index in [9.17, 15) is 0 Å². The van der Waals surface area contributed by atoms with Crippen molar-refractivity contribution in [1.82, 2.24) is 0 Å². The van der Waals surface area contributed by atoms with E-state index in [1.807, 2.05) is 19.1 Å². The molecular weight excluding hydrogens is 152 g/mol. The van der Waals surface area contributed by atoms with Gasteiger partial charge in [0.25, 0.3) is 0 Å². The lowest BCUT2D eigenvalue weighted by atomic mass is 10.3. The minimum atomic E-state index is 0.609. The SMILES string of the molecule is C/C(N)=C\c1ccc(CCN)o1. The van der Waals surface area contributed by atoms with Crippen molar-refractivity contribution in [1.29, 1.82) is 0 Å². The predicted molar refractivity (Wildman–Crippen MR) is 49.3 cm³/mol. The summed E-state index contributed by atoms with van der Waals surface area (Å²) in [6.45, 7) is 2.43. The quantitative estimate of drug-likeness (QED) is 0.706. The van der Waals surface area contributed by atoms with E-state index in [0.717, 1.165) is 23.6 Å². The Morgan fingerprint density at radius 3 is 2.92 bits per heavy atom. The molecule has 12 heavy (non-hydrogen) atoms. The van der Waals surface area contributed by atoms with Gasteiger partial charge in [0.15, 0.2) is 0 Å². The van der Waals surface area contributed by atoms with Crippen molar-refractivity contribution >= 4 is 6.08 Å². The summed E-state index contributed by atoms with van der Waals surface area (Å²) in [5.74, 6) is 1.70. The monoisotopic (exact) mass is 166 g/mol. The Kier molecular flexibility index (Phi) is 2.94. The lowest BCUT2D eigenvalue weighted by Gasteiger charge is -1.91. The molecule has 3 nitrogen and oxygen atoms in total. The highest BCUT2D eigenvalue weighted by atomic mass is 16.3.